The molecular weight excluding hydrogens is 282 g/mol. The lowest BCUT2D eigenvalue weighted by Gasteiger charge is -2.18. The van der Waals surface area contributed by atoms with Crippen LogP contribution in [0.4, 0.5) is 11.8 Å². The molecule has 0 spiro atoms. The third kappa shape index (κ3) is 3.11. The normalized spacial score (nSPS) is 10.3. The molecule has 0 atom stereocenters. The molecule has 7 nitrogen and oxygen atoms in total. The smallest absolute Gasteiger partial charge is 0.227 e. The molecule has 116 valence electrons. The first-order chi connectivity index (χ1) is 10.6. The van der Waals surface area contributed by atoms with Gasteiger partial charge in [-0.2, -0.15) is 10.2 Å². The Morgan fingerprint density at radius 2 is 1.91 bits per heavy atom. The Morgan fingerprint density at radius 1 is 1.23 bits per heavy atom. The van der Waals surface area contributed by atoms with Crippen LogP contribution in [0.15, 0.2) is 12.1 Å². The molecule has 0 saturated heterocycles. The zero-order valence-corrected chi connectivity index (χ0v) is 13.0. The minimum atomic E-state index is 0.382. The van der Waals surface area contributed by atoms with E-state index in [-0.39, 0.29) is 0 Å². The van der Waals surface area contributed by atoms with Crippen molar-refractivity contribution >= 4 is 22.7 Å². The van der Waals surface area contributed by atoms with Crippen LogP contribution in [0.2, 0.25) is 0 Å². The highest BCUT2D eigenvalue weighted by atomic mass is 16.5. The summed E-state index contributed by atoms with van der Waals surface area (Å²) in [6.07, 6.45) is 1.25. The van der Waals surface area contributed by atoms with Crippen LogP contribution < -0.4 is 20.1 Å². The molecule has 0 fully saturated rings. The van der Waals surface area contributed by atoms with E-state index in [1.54, 1.807) is 26.4 Å². The lowest BCUT2D eigenvalue weighted by atomic mass is 10.2. The van der Waals surface area contributed by atoms with E-state index >= 15 is 0 Å². The lowest BCUT2D eigenvalue weighted by molar-refractivity contribution is 0.356. The molecule has 0 unspecified atom stereocenters. The largest absolute Gasteiger partial charge is 0.493 e. The molecule has 1 aromatic carbocycles. The second-order valence-electron chi connectivity index (χ2n) is 4.82. The molecule has 1 aromatic heterocycles. The molecule has 0 aliphatic carbocycles. The first-order valence-corrected chi connectivity index (χ1v) is 6.88. The van der Waals surface area contributed by atoms with Gasteiger partial charge in [0.15, 0.2) is 11.5 Å². The maximum absolute atomic E-state index is 8.60. The van der Waals surface area contributed by atoms with E-state index in [0.717, 1.165) is 6.42 Å². The van der Waals surface area contributed by atoms with Crippen molar-refractivity contribution in [3.8, 4) is 17.6 Å². The quantitative estimate of drug-likeness (QED) is 0.814. The number of fused-ring (bicyclic) bond motifs is 1. The number of hydrogen-bond donors (Lipinski definition) is 1. The van der Waals surface area contributed by atoms with Crippen LogP contribution in [-0.4, -0.2) is 37.8 Å². The Bertz CT molecular complexity index is 711. The first-order valence-electron chi connectivity index (χ1n) is 6.88. The van der Waals surface area contributed by atoms with Gasteiger partial charge in [0.1, 0.15) is 5.82 Å². The Morgan fingerprint density at radius 3 is 2.55 bits per heavy atom. The fourth-order valence-electron chi connectivity index (χ4n) is 2.13. The van der Waals surface area contributed by atoms with Gasteiger partial charge in [-0.15, -0.1) is 0 Å². The zero-order valence-electron chi connectivity index (χ0n) is 13.0. The van der Waals surface area contributed by atoms with Gasteiger partial charge >= 0.3 is 0 Å². The third-order valence-corrected chi connectivity index (χ3v) is 3.34. The average molecular weight is 301 g/mol. The number of methoxy groups -OCH3 is 2. The number of aromatic nitrogens is 2. The van der Waals surface area contributed by atoms with Gasteiger partial charge in [0.2, 0.25) is 5.95 Å². The van der Waals surface area contributed by atoms with Crippen LogP contribution in [0.25, 0.3) is 10.9 Å². The molecule has 0 radical (unpaired) electrons. The molecule has 0 saturated carbocycles. The van der Waals surface area contributed by atoms with Gasteiger partial charge in [-0.3, -0.25) is 0 Å². The summed E-state index contributed by atoms with van der Waals surface area (Å²) in [6, 6.07) is 5.66. The topological polar surface area (TPSA) is 97.3 Å². The van der Waals surface area contributed by atoms with E-state index in [2.05, 4.69) is 16.0 Å². The van der Waals surface area contributed by atoms with Gasteiger partial charge < -0.3 is 20.1 Å². The summed E-state index contributed by atoms with van der Waals surface area (Å²) in [5.41, 5.74) is 6.73. The van der Waals surface area contributed by atoms with Crippen molar-refractivity contribution in [3.63, 3.8) is 0 Å². The molecule has 0 aliphatic rings. The van der Waals surface area contributed by atoms with Crippen LogP contribution >= 0.6 is 0 Å². The predicted octanol–water partition coefficient (Wildman–Crippen LogP) is 1.97. The number of anilines is 2. The van der Waals surface area contributed by atoms with Crippen LogP contribution in [0.3, 0.4) is 0 Å². The van der Waals surface area contributed by atoms with Crippen LogP contribution in [0.5, 0.6) is 11.5 Å². The number of ether oxygens (including phenoxy) is 2. The number of benzene rings is 1. The van der Waals surface area contributed by atoms with Crippen molar-refractivity contribution in [2.75, 3.05) is 38.4 Å². The average Bonchev–Trinajstić information content (AvgIpc) is 2.53. The molecule has 22 heavy (non-hydrogen) atoms. The summed E-state index contributed by atoms with van der Waals surface area (Å²) in [7, 11) is 5.01. The molecule has 2 N–H and O–H groups in total. The highest BCUT2D eigenvalue weighted by molar-refractivity contribution is 5.91. The molecule has 2 rings (SSSR count). The van der Waals surface area contributed by atoms with E-state index < -0.39 is 0 Å². The number of nitriles is 1. The summed E-state index contributed by atoms with van der Waals surface area (Å²) in [4.78, 5) is 10.7. The van der Waals surface area contributed by atoms with Gasteiger partial charge in [0.25, 0.3) is 0 Å². The SMILES string of the molecule is COc1cc2nc(N(C)CCCC#N)nc(N)c2cc1OC. The summed E-state index contributed by atoms with van der Waals surface area (Å²) < 4.78 is 10.6. The molecule has 7 heteroatoms. The summed E-state index contributed by atoms with van der Waals surface area (Å²) >= 11 is 0. The van der Waals surface area contributed by atoms with E-state index in [9.17, 15) is 0 Å². The van der Waals surface area contributed by atoms with Crippen molar-refractivity contribution in [3.05, 3.63) is 12.1 Å². The second kappa shape index (κ2) is 6.80. The third-order valence-electron chi connectivity index (χ3n) is 3.34. The number of rotatable bonds is 6. The number of hydrogen-bond acceptors (Lipinski definition) is 7. The van der Waals surface area contributed by atoms with Gasteiger partial charge in [-0.1, -0.05) is 0 Å². The Labute approximate surface area is 129 Å². The first kappa shape index (κ1) is 15.6. The van der Waals surface area contributed by atoms with Crippen molar-refractivity contribution in [1.82, 2.24) is 9.97 Å². The highest BCUT2D eigenvalue weighted by Gasteiger charge is 2.13. The standard InChI is InChI=1S/C15H19N5O2/c1-20(7-5-4-6-16)15-18-11-9-13(22-3)12(21-2)8-10(11)14(17)19-15/h8-9H,4-5,7H2,1-3H3,(H2,17,18,19). The molecule has 0 amide bonds. The van der Waals surface area contributed by atoms with Gasteiger partial charge in [0.05, 0.1) is 25.8 Å². The van der Waals surface area contributed by atoms with E-state index in [4.69, 9.17) is 20.5 Å². The highest BCUT2D eigenvalue weighted by Crippen LogP contribution is 2.33. The van der Waals surface area contributed by atoms with E-state index in [1.165, 1.54) is 0 Å². The van der Waals surface area contributed by atoms with Crippen LogP contribution in [0, 0.1) is 11.3 Å². The number of nitrogens with two attached hydrogens (primary N) is 1. The van der Waals surface area contributed by atoms with Gasteiger partial charge in [-0.05, 0) is 12.5 Å². The van der Waals surface area contributed by atoms with Crippen LogP contribution in [0.1, 0.15) is 12.8 Å². The van der Waals surface area contributed by atoms with E-state index in [0.29, 0.717) is 47.1 Å². The van der Waals surface area contributed by atoms with Crippen molar-refractivity contribution < 1.29 is 9.47 Å². The van der Waals surface area contributed by atoms with Gasteiger partial charge in [-0.25, -0.2) is 4.98 Å². The maximum Gasteiger partial charge on any atom is 0.227 e. The van der Waals surface area contributed by atoms with Crippen molar-refractivity contribution in [1.29, 1.82) is 5.26 Å². The number of unbranched alkanes of at least 4 members (excludes halogenated alkanes) is 1. The molecule has 2 aromatic rings. The molecule has 0 bridgehead atoms. The molecule has 1 heterocycles. The van der Waals surface area contributed by atoms with E-state index in [1.807, 2.05) is 11.9 Å². The minimum Gasteiger partial charge on any atom is -0.493 e. The fourth-order valence-corrected chi connectivity index (χ4v) is 2.13. The van der Waals surface area contributed by atoms with Crippen molar-refractivity contribution in [2.45, 2.75) is 12.8 Å². The van der Waals surface area contributed by atoms with Gasteiger partial charge in [0, 0.05) is 31.5 Å². The minimum absolute atomic E-state index is 0.382. The predicted molar refractivity (Wildman–Crippen MR) is 85.2 cm³/mol. The summed E-state index contributed by atoms with van der Waals surface area (Å²) in [5, 5.41) is 9.31. The second-order valence-corrected chi connectivity index (χ2v) is 4.82. The number of nitrogens with zero attached hydrogens (tertiary/aromatic N) is 4. The zero-order chi connectivity index (χ0) is 16.1. The fraction of sp³-hybridized carbons (Fsp3) is 0.400. The summed E-state index contributed by atoms with van der Waals surface area (Å²) in [5.74, 6) is 2.08. The lowest BCUT2D eigenvalue weighted by Crippen LogP contribution is -2.21. The molecular formula is C15H19N5O2. The Balaban J connectivity index is 2.41. The number of nitrogen functional groups attached to an aromatic ring is 1. The Kier molecular flexibility index (Phi) is 4.84. The maximum atomic E-state index is 8.60. The summed E-state index contributed by atoms with van der Waals surface area (Å²) in [6.45, 7) is 0.686. The Hall–Kier alpha value is -2.75. The van der Waals surface area contributed by atoms with Crippen molar-refractivity contribution in [2.24, 2.45) is 0 Å². The monoisotopic (exact) mass is 301 g/mol. The molecule has 0 aliphatic heterocycles. The van der Waals surface area contributed by atoms with Crippen LogP contribution in [-0.2, 0) is 0 Å².